The third-order valence-electron chi connectivity index (χ3n) is 2.62. The Morgan fingerprint density at radius 2 is 1.95 bits per heavy atom. The van der Waals surface area contributed by atoms with Gasteiger partial charge in [0.15, 0.2) is 0 Å². The quantitative estimate of drug-likeness (QED) is 0.885. The molecule has 8 heteroatoms. The largest absolute Gasteiger partial charge is 0.416 e. The summed E-state index contributed by atoms with van der Waals surface area (Å²) in [7, 11) is 1.35. The number of hydrogen-bond donors (Lipinski definition) is 1. The summed E-state index contributed by atoms with van der Waals surface area (Å²) in [6.45, 7) is -0.209. The fourth-order valence-corrected chi connectivity index (χ4v) is 1.69. The lowest BCUT2D eigenvalue weighted by Crippen LogP contribution is -2.28. The maximum Gasteiger partial charge on any atom is 0.416 e. The fraction of sp³-hybridized carbons (Fsp3) is 0.273. The maximum absolute atomic E-state index is 12.5. The third-order valence-corrected chi connectivity index (χ3v) is 2.62. The zero-order chi connectivity index (χ0) is 14.2. The maximum atomic E-state index is 12.5. The topological polar surface area (TPSA) is 59.8 Å². The monoisotopic (exact) mass is 273 g/mol. The van der Waals surface area contributed by atoms with Crippen molar-refractivity contribution >= 4 is 0 Å². The number of aromatic amines is 1. The molecular formula is C11H10F3N3O2. The second-order valence-corrected chi connectivity index (χ2v) is 4.04. The summed E-state index contributed by atoms with van der Waals surface area (Å²) in [6.07, 6.45) is -4.45. The molecular weight excluding hydrogens is 263 g/mol. The van der Waals surface area contributed by atoms with Crippen molar-refractivity contribution in [1.29, 1.82) is 0 Å². The minimum absolute atomic E-state index is 0.209. The molecule has 0 spiro atoms. The van der Waals surface area contributed by atoms with Crippen LogP contribution in [0.5, 0.6) is 0 Å². The van der Waals surface area contributed by atoms with Gasteiger partial charge in [0, 0.05) is 7.05 Å². The molecule has 2 aromatic rings. The van der Waals surface area contributed by atoms with Gasteiger partial charge in [0.05, 0.1) is 12.1 Å². The molecule has 0 unspecified atom stereocenters. The second-order valence-electron chi connectivity index (χ2n) is 4.04. The molecule has 0 bridgehead atoms. The van der Waals surface area contributed by atoms with Gasteiger partial charge in [-0.1, -0.05) is 12.1 Å². The van der Waals surface area contributed by atoms with Crippen LogP contribution in [0.1, 0.15) is 11.1 Å². The van der Waals surface area contributed by atoms with Crippen molar-refractivity contribution in [3.8, 4) is 0 Å². The van der Waals surface area contributed by atoms with Gasteiger partial charge in [-0.05, 0) is 17.7 Å². The van der Waals surface area contributed by atoms with Crippen LogP contribution in [0, 0.1) is 0 Å². The molecule has 1 N–H and O–H groups in total. The number of halogens is 3. The van der Waals surface area contributed by atoms with Crippen LogP contribution < -0.4 is 11.4 Å². The molecule has 0 saturated heterocycles. The Hall–Kier alpha value is -2.25. The second kappa shape index (κ2) is 4.45. The van der Waals surface area contributed by atoms with Crippen molar-refractivity contribution in [3.63, 3.8) is 0 Å². The van der Waals surface area contributed by atoms with E-state index in [1.807, 2.05) is 0 Å². The number of H-pyrrole nitrogens is 1. The fourth-order valence-electron chi connectivity index (χ4n) is 1.69. The molecule has 2 rings (SSSR count). The van der Waals surface area contributed by atoms with Gasteiger partial charge in [-0.25, -0.2) is 23.9 Å². The first-order valence-corrected chi connectivity index (χ1v) is 5.31. The highest BCUT2D eigenvalue weighted by molar-refractivity contribution is 5.25. The zero-order valence-electron chi connectivity index (χ0n) is 9.86. The molecule has 1 aromatic heterocycles. The van der Waals surface area contributed by atoms with Crippen molar-refractivity contribution in [3.05, 3.63) is 56.4 Å². The first-order chi connectivity index (χ1) is 8.79. The predicted octanol–water partition coefficient (Wildman–Crippen LogP) is 0.942. The Kier molecular flexibility index (Phi) is 3.09. The predicted molar refractivity (Wildman–Crippen MR) is 60.8 cm³/mol. The number of nitrogens with one attached hydrogen (secondary N) is 1. The first kappa shape index (κ1) is 13.2. The molecule has 1 heterocycles. The van der Waals surface area contributed by atoms with E-state index in [2.05, 4.69) is 5.10 Å². The van der Waals surface area contributed by atoms with Crippen LogP contribution >= 0.6 is 0 Å². The average Bonchev–Trinajstić information content (AvgIpc) is 2.55. The Morgan fingerprint density at radius 3 is 2.47 bits per heavy atom. The number of aryl methyl sites for hydroxylation is 1. The zero-order valence-corrected chi connectivity index (χ0v) is 9.86. The molecule has 0 fully saturated rings. The van der Waals surface area contributed by atoms with Gasteiger partial charge in [-0.2, -0.15) is 13.2 Å². The van der Waals surface area contributed by atoms with E-state index < -0.39 is 23.1 Å². The van der Waals surface area contributed by atoms with E-state index in [0.29, 0.717) is 0 Å². The Bertz CT molecular complexity index is 709. The molecule has 0 aliphatic heterocycles. The summed E-state index contributed by atoms with van der Waals surface area (Å²) in [5, 5.41) is 2.23. The molecule has 1 aromatic carbocycles. The summed E-state index contributed by atoms with van der Waals surface area (Å²) >= 11 is 0. The van der Waals surface area contributed by atoms with Crippen LogP contribution in [0.2, 0.25) is 0 Å². The van der Waals surface area contributed by atoms with Crippen LogP contribution in [0.4, 0.5) is 13.2 Å². The molecule has 0 saturated carbocycles. The normalized spacial score (nSPS) is 11.8. The number of benzene rings is 1. The van der Waals surface area contributed by atoms with Crippen molar-refractivity contribution in [2.75, 3.05) is 0 Å². The van der Waals surface area contributed by atoms with E-state index >= 15 is 0 Å². The highest BCUT2D eigenvalue weighted by Gasteiger charge is 2.30. The number of nitrogens with zero attached hydrogens (tertiary/aromatic N) is 2. The molecule has 0 aliphatic rings. The highest BCUT2D eigenvalue weighted by atomic mass is 19.4. The average molecular weight is 273 g/mol. The smallest absolute Gasteiger partial charge is 0.246 e. The molecule has 0 radical (unpaired) electrons. The lowest BCUT2D eigenvalue weighted by atomic mass is 10.1. The van der Waals surface area contributed by atoms with E-state index in [4.69, 9.17) is 0 Å². The minimum atomic E-state index is -4.45. The van der Waals surface area contributed by atoms with Gasteiger partial charge < -0.3 is 0 Å². The lowest BCUT2D eigenvalue weighted by Gasteiger charge is -2.08. The van der Waals surface area contributed by atoms with Crippen molar-refractivity contribution in [2.45, 2.75) is 12.7 Å². The summed E-state index contributed by atoms with van der Waals surface area (Å²) in [5.74, 6) is 0. The standard InChI is InChI=1S/C11H10F3N3O2/c1-16-10(19)17(9(18)15-16)6-7-3-2-4-8(5-7)11(12,13)14/h2-5H,6H2,1H3,(H,15,18). The van der Waals surface area contributed by atoms with E-state index in [9.17, 15) is 22.8 Å². The van der Waals surface area contributed by atoms with Crippen molar-refractivity contribution < 1.29 is 13.2 Å². The third kappa shape index (κ3) is 2.61. The van der Waals surface area contributed by atoms with Gasteiger partial charge in [-0.3, -0.25) is 0 Å². The summed E-state index contributed by atoms with van der Waals surface area (Å²) in [5.41, 5.74) is -1.86. The van der Waals surface area contributed by atoms with Gasteiger partial charge in [-0.15, -0.1) is 0 Å². The van der Waals surface area contributed by atoms with Crippen LogP contribution in [0.15, 0.2) is 33.9 Å². The highest BCUT2D eigenvalue weighted by Crippen LogP contribution is 2.29. The Morgan fingerprint density at radius 1 is 1.26 bits per heavy atom. The molecule has 5 nitrogen and oxygen atoms in total. The first-order valence-electron chi connectivity index (χ1n) is 5.31. The van der Waals surface area contributed by atoms with Gasteiger partial charge in [0.2, 0.25) is 0 Å². The minimum Gasteiger partial charge on any atom is -0.246 e. The Labute approximate surface area is 104 Å². The number of hydrogen-bond acceptors (Lipinski definition) is 2. The lowest BCUT2D eigenvalue weighted by molar-refractivity contribution is -0.137. The summed E-state index contributed by atoms with van der Waals surface area (Å²) in [4.78, 5) is 23.0. The summed E-state index contributed by atoms with van der Waals surface area (Å²) in [6, 6.07) is 4.51. The van der Waals surface area contributed by atoms with Gasteiger partial charge >= 0.3 is 17.6 Å². The molecule has 0 amide bonds. The van der Waals surface area contributed by atoms with Crippen LogP contribution in [0.3, 0.4) is 0 Å². The molecule has 0 atom stereocenters. The van der Waals surface area contributed by atoms with E-state index in [0.717, 1.165) is 21.4 Å². The SMILES string of the molecule is Cn1[nH]c(=O)n(Cc2cccc(C(F)(F)F)c2)c1=O. The Balaban J connectivity index is 2.40. The van der Waals surface area contributed by atoms with Crippen molar-refractivity contribution in [2.24, 2.45) is 7.05 Å². The van der Waals surface area contributed by atoms with Crippen molar-refractivity contribution in [1.82, 2.24) is 14.3 Å². The number of aromatic nitrogens is 3. The van der Waals surface area contributed by atoms with E-state index in [1.165, 1.54) is 19.2 Å². The van der Waals surface area contributed by atoms with E-state index in [-0.39, 0.29) is 12.1 Å². The van der Waals surface area contributed by atoms with Crippen LogP contribution in [-0.2, 0) is 19.8 Å². The van der Waals surface area contributed by atoms with Gasteiger partial charge in [0.25, 0.3) is 0 Å². The summed E-state index contributed by atoms with van der Waals surface area (Å²) < 4.78 is 39.4. The molecule has 102 valence electrons. The van der Waals surface area contributed by atoms with Crippen LogP contribution in [-0.4, -0.2) is 14.3 Å². The number of rotatable bonds is 2. The number of alkyl halides is 3. The van der Waals surface area contributed by atoms with E-state index in [1.54, 1.807) is 0 Å². The van der Waals surface area contributed by atoms with Crippen LogP contribution in [0.25, 0.3) is 0 Å². The molecule has 0 aliphatic carbocycles. The van der Waals surface area contributed by atoms with Gasteiger partial charge in [0.1, 0.15) is 0 Å². The molecule has 19 heavy (non-hydrogen) atoms.